The van der Waals surface area contributed by atoms with E-state index in [0.29, 0.717) is 44.4 Å². The molecule has 4 N–H and O–H groups in total. The van der Waals surface area contributed by atoms with Crippen LogP contribution in [0.2, 0.25) is 0 Å². The molecule has 0 spiro atoms. The van der Waals surface area contributed by atoms with Gasteiger partial charge in [-0.3, -0.25) is 18.9 Å². The number of alkyl halides is 2. The predicted molar refractivity (Wildman–Crippen MR) is 167 cm³/mol. The number of aromatic amines is 1. The lowest BCUT2D eigenvalue weighted by Crippen LogP contribution is -2.55. The minimum absolute atomic E-state index is 0.0223. The van der Waals surface area contributed by atoms with Gasteiger partial charge in [0.25, 0.3) is 5.91 Å². The van der Waals surface area contributed by atoms with E-state index in [9.17, 15) is 27.7 Å². The Morgan fingerprint density at radius 3 is 2.46 bits per heavy atom. The maximum Gasteiger partial charge on any atom is 0.399 e. The van der Waals surface area contributed by atoms with Crippen molar-refractivity contribution >= 4 is 36.2 Å². The number of H-pyrrole nitrogens is 1. The average Bonchev–Trinajstić information content (AvgIpc) is 3.71. The molecule has 246 valence electrons. The van der Waals surface area contributed by atoms with Crippen LogP contribution in [0.4, 0.5) is 8.78 Å². The molecule has 3 aliphatic rings. The standard InChI is InChI=1S/C33H39F2N4O6P/c34-33(35,46(43,44)45)25-12-13-26-24(18-25)19-27(36-26)30(40)37-28(17-21-7-2-1-3-8-21)31(41)39-15-6-11-29(39)32(42)38-16-14-22-9-4-5-10-23(22)20-38/h4-5,9-10,12-13,18-19,21,28-29,36H,1-3,6-8,11,14-17,20H2,(H,37,40)(H2,43,44,45)/t28?,29-/m0/s1. The summed E-state index contributed by atoms with van der Waals surface area (Å²) in [6.07, 6.45) is 7.52. The number of benzene rings is 2. The lowest BCUT2D eigenvalue weighted by Gasteiger charge is -2.35. The van der Waals surface area contributed by atoms with Crippen LogP contribution in [0.1, 0.15) is 78.5 Å². The molecule has 1 unspecified atom stereocenters. The first kappa shape index (κ1) is 32.3. The summed E-state index contributed by atoms with van der Waals surface area (Å²) in [5.74, 6) is -0.754. The minimum Gasteiger partial charge on any atom is -0.351 e. The van der Waals surface area contributed by atoms with E-state index in [1.807, 2.05) is 23.1 Å². The number of likely N-dealkylation sites (tertiary alicyclic amines) is 1. The molecule has 2 aliphatic heterocycles. The Kier molecular flexibility index (Phi) is 9.06. The number of fused-ring (bicyclic) bond motifs is 2. The summed E-state index contributed by atoms with van der Waals surface area (Å²) in [4.78, 5) is 66.1. The molecule has 2 fully saturated rings. The average molecular weight is 657 g/mol. The number of halogens is 2. The van der Waals surface area contributed by atoms with Gasteiger partial charge in [-0.2, -0.15) is 8.78 Å². The summed E-state index contributed by atoms with van der Waals surface area (Å²) in [5, 5.41) is 3.05. The number of hydrogen-bond acceptors (Lipinski definition) is 4. The highest BCUT2D eigenvalue weighted by molar-refractivity contribution is 7.52. The number of hydrogen-bond donors (Lipinski definition) is 4. The van der Waals surface area contributed by atoms with Crippen LogP contribution in [0, 0.1) is 5.92 Å². The highest BCUT2D eigenvalue weighted by atomic mass is 31.2. The molecule has 3 amide bonds. The van der Waals surface area contributed by atoms with Crippen molar-refractivity contribution in [3.8, 4) is 0 Å². The normalized spacial score (nSPS) is 20.0. The highest BCUT2D eigenvalue weighted by Gasteiger charge is 2.50. The Hall–Kier alpha value is -3.60. The zero-order valence-electron chi connectivity index (χ0n) is 25.5. The molecule has 2 aromatic carbocycles. The van der Waals surface area contributed by atoms with Crippen LogP contribution in [-0.4, -0.2) is 67.5 Å². The van der Waals surface area contributed by atoms with E-state index in [1.165, 1.54) is 17.7 Å². The Bertz CT molecular complexity index is 1680. The summed E-state index contributed by atoms with van der Waals surface area (Å²) >= 11 is 0. The van der Waals surface area contributed by atoms with Gasteiger partial charge < -0.3 is 29.9 Å². The SMILES string of the molecule is O=C(NC(CC1CCCCC1)C(=O)N1CCC[C@H]1C(=O)N1CCc2ccccc2C1)c1cc2cc(C(F)(F)P(=O)(O)O)ccc2[nH]1. The first-order chi connectivity index (χ1) is 21.9. The maximum atomic E-state index is 14.3. The van der Waals surface area contributed by atoms with E-state index in [2.05, 4.69) is 16.4 Å². The van der Waals surface area contributed by atoms with Crippen molar-refractivity contribution in [3.63, 3.8) is 0 Å². The van der Waals surface area contributed by atoms with Crippen molar-refractivity contribution in [1.82, 2.24) is 20.1 Å². The van der Waals surface area contributed by atoms with Crippen LogP contribution >= 0.6 is 7.60 Å². The van der Waals surface area contributed by atoms with Crippen molar-refractivity contribution in [3.05, 3.63) is 70.9 Å². The van der Waals surface area contributed by atoms with E-state index < -0.39 is 36.8 Å². The fraction of sp³-hybridized carbons (Fsp3) is 0.485. The molecule has 3 aromatic rings. The number of nitrogens with one attached hydrogen (secondary N) is 2. The molecule has 13 heteroatoms. The van der Waals surface area contributed by atoms with Crippen LogP contribution in [0.5, 0.6) is 0 Å². The number of carbonyl (C=O) groups is 3. The first-order valence-corrected chi connectivity index (χ1v) is 17.6. The maximum absolute atomic E-state index is 14.3. The molecule has 6 rings (SSSR count). The highest BCUT2D eigenvalue weighted by Crippen LogP contribution is 2.59. The van der Waals surface area contributed by atoms with Gasteiger partial charge in [-0.1, -0.05) is 62.4 Å². The first-order valence-electron chi connectivity index (χ1n) is 16.0. The molecule has 3 heterocycles. The van der Waals surface area contributed by atoms with Crippen molar-refractivity contribution in [1.29, 1.82) is 0 Å². The molecule has 2 atom stereocenters. The third-order valence-electron chi connectivity index (χ3n) is 9.74. The van der Waals surface area contributed by atoms with Crippen molar-refractivity contribution in [2.75, 3.05) is 13.1 Å². The van der Waals surface area contributed by atoms with E-state index in [4.69, 9.17) is 9.79 Å². The number of carbonyl (C=O) groups excluding carboxylic acids is 3. The fourth-order valence-electron chi connectivity index (χ4n) is 7.21. The molecule has 1 aliphatic carbocycles. The predicted octanol–water partition coefficient (Wildman–Crippen LogP) is 5.04. The van der Waals surface area contributed by atoms with Gasteiger partial charge in [-0.25, -0.2) is 0 Å². The number of aromatic nitrogens is 1. The third kappa shape index (κ3) is 6.48. The van der Waals surface area contributed by atoms with E-state index in [0.717, 1.165) is 56.2 Å². The number of nitrogens with zero attached hydrogens (tertiary/aromatic N) is 2. The molecular formula is C33H39F2N4O6P. The minimum atomic E-state index is -5.77. The molecule has 1 aromatic heterocycles. The Labute approximate surface area is 265 Å². The zero-order chi connectivity index (χ0) is 32.6. The molecule has 10 nitrogen and oxygen atoms in total. The van der Waals surface area contributed by atoms with Gasteiger partial charge in [0.2, 0.25) is 11.8 Å². The second-order valence-corrected chi connectivity index (χ2v) is 14.5. The second kappa shape index (κ2) is 12.9. The van der Waals surface area contributed by atoms with E-state index in [1.54, 1.807) is 4.90 Å². The largest absolute Gasteiger partial charge is 0.399 e. The van der Waals surface area contributed by atoms with Crippen molar-refractivity contribution in [2.24, 2.45) is 5.92 Å². The lowest BCUT2D eigenvalue weighted by molar-refractivity contribution is -0.145. The lowest BCUT2D eigenvalue weighted by atomic mass is 9.84. The molecule has 0 radical (unpaired) electrons. The van der Waals surface area contributed by atoms with E-state index in [-0.39, 0.29) is 28.8 Å². The van der Waals surface area contributed by atoms with Gasteiger partial charge in [0.1, 0.15) is 17.8 Å². The molecule has 1 saturated carbocycles. The van der Waals surface area contributed by atoms with Gasteiger partial charge in [0.15, 0.2) is 0 Å². The molecule has 1 saturated heterocycles. The summed E-state index contributed by atoms with van der Waals surface area (Å²) in [6, 6.07) is 11.0. The number of amides is 3. The topological polar surface area (TPSA) is 143 Å². The summed E-state index contributed by atoms with van der Waals surface area (Å²) in [6.45, 7) is 1.50. The Balaban J connectivity index is 1.21. The summed E-state index contributed by atoms with van der Waals surface area (Å²) in [5.41, 5.74) is -2.58. The summed E-state index contributed by atoms with van der Waals surface area (Å²) < 4.78 is 40.1. The van der Waals surface area contributed by atoms with Gasteiger partial charge in [0.05, 0.1) is 0 Å². The fourth-order valence-corrected chi connectivity index (χ4v) is 7.68. The van der Waals surface area contributed by atoms with E-state index >= 15 is 0 Å². The van der Waals surface area contributed by atoms with Gasteiger partial charge >= 0.3 is 13.3 Å². The monoisotopic (exact) mass is 656 g/mol. The van der Waals surface area contributed by atoms with Crippen LogP contribution in [0.25, 0.3) is 10.9 Å². The molecular weight excluding hydrogens is 617 g/mol. The zero-order valence-corrected chi connectivity index (χ0v) is 26.4. The van der Waals surface area contributed by atoms with Crippen LogP contribution in [0.15, 0.2) is 48.5 Å². The number of rotatable bonds is 8. The van der Waals surface area contributed by atoms with Gasteiger partial charge in [-0.15, -0.1) is 0 Å². The van der Waals surface area contributed by atoms with Gasteiger partial charge in [-0.05, 0) is 60.9 Å². The van der Waals surface area contributed by atoms with Gasteiger partial charge in [0, 0.05) is 36.1 Å². The Morgan fingerprint density at radius 2 is 1.72 bits per heavy atom. The quantitative estimate of drug-likeness (QED) is 0.250. The summed E-state index contributed by atoms with van der Waals surface area (Å²) in [7, 11) is -5.77. The third-order valence-corrected chi connectivity index (χ3v) is 10.7. The Morgan fingerprint density at radius 1 is 0.978 bits per heavy atom. The molecule has 46 heavy (non-hydrogen) atoms. The van der Waals surface area contributed by atoms with Crippen molar-refractivity contribution in [2.45, 2.75) is 82.1 Å². The van der Waals surface area contributed by atoms with Crippen LogP contribution < -0.4 is 5.32 Å². The second-order valence-electron chi connectivity index (χ2n) is 12.8. The van der Waals surface area contributed by atoms with Crippen LogP contribution in [0.3, 0.4) is 0 Å². The smallest absolute Gasteiger partial charge is 0.351 e. The molecule has 0 bridgehead atoms. The van der Waals surface area contributed by atoms with Crippen LogP contribution in [-0.2, 0) is 32.8 Å². The van der Waals surface area contributed by atoms with Crippen molar-refractivity contribution < 1.29 is 37.5 Å².